The van der Waals surface area contributed by atoms with Crippen LogP contribution in [0.1, 0.15) is 26.3 Å². The number of nitro groups is 1. The van der Waals surface area contributed by atoms with Crippen LogP contribution in [0.5, 0.6) is 0 Å². The van der Waals surface area contributed by atoms with E-state index >= 15 is 0 Å². The molecule has 1 fully saturated rings. The fourth-order valence-corrected chi connectivity index (χ4v) is 3.59. The third kappa shape index (κ3) is 4.65. The molecule has 0 aromatic heterocycles. The van der Waals surface area contributed by atoms with Crippen LogP contribution < -0.4 is 10.2 Å². The molecule has 0 atom stereocenters. The Morgan fingerprint density at radius 1 is 0.906 bits per heavy atom. The van der Waals surface area contributed by atoms with Crippen molar-refractivity contribution >= 4 is 28.8 Å². The number of non-ortho nitro benzene ring substituents is 1. The molecule has 1 amide bonds. The summed E-state index contributed by atoms with van der Waals surface area (Å²) in [5, 5.41) is 14.1. The van der Waals surface area contributed by atoms with Gasteiger partial charge in [-0.15, -0.1) is 0 Å². The average Bonchev–Trinajstić information content (AvgIpc) is 2.84. The predicted molar refractivity (Wildman–Crippen MR) is 120 cm³/mol. The van der Waals surface area contributed by atoms with Gasteiger partial charge in [-0.3, -0.25) is 19.7 Å². The molecule has 4 rings (SSSR count). The Hall–Kier alpha value is -4.04. The first-order valence-electron chi connectivity index (χ1n) is 10.2. The molecule has 1 heterocycles. The number of hydrogen-bond acceptors (Lipinski definition) is 6. The molecule has 32 heavy (non-hydrogen) atoms. The standard InChI is InChI=1S/C24H21N3O5/c28-23(17-5-2-1-3-6-17)18-7-4-8-19(15-18)25-24(29)21-16-20(27(30)31)9-10-22(21)26-11-13-32-14-12-26/h1-10,15-16H,11-14H2,(H,25,29). The van der Waals surface area contributed by atoms with Crippen LogP contribution in [0.4, 0.5) is 17.1 Å². The normalized spacial score (nSPS) is 13.4. The fourth-order valence-electron chi connectivity index (χ4n) is 3.59. The highest BCUT2D eigenvalue weighted by atomic mass is 16.6. The van der Waals surface area contributed by atoms with Crippen molar-refractivity contribution in [1.29, 1.82) is 0 Å². The third-order valence-corrected chi connectivity index (χ3v) is 5.21. The molecule has 1 N–H and O–H groups in total. The van der Waals surface area contributed by atoms with Crippen LogP contribution in [0, 0.1) is 10.1 Å². The summed E-state index contributed by atoms with van der Waals surface area (Å²) in [7, 11) is 0. The molecule has 3 aromatic rings. The first-order valence-corrected chi connectivity index (χ1v) is 10.2. The van der Waals surface area contributed by atoms with E-state index in [1.807, 2.05) is 11.0 Å². The topological polar surface area (TPSA) is 102 Å². The van der Waals surface area contributed by atoms with Gasteiger partial charge < -0.3 is 15.0 Å². The van der Waals surface area contributed by atoms with Gasteiger partial charge in [-0.1, -0.05) is 42.5 Å². The van der Waals surface area contributed by atoms with Crippen molar-refractivity contribution in [2.45, 2.75) is 0 Å². The van der Waals surface area contributed by atoms with E-state index in [0.29, 0.717) is 48.8 Å². The number of nitro benzene ring substituents is 1. The van der Waals surface area contributed by atoms with Crippen LogP contribution in [0.3, 0.4) is 0 Å². The number of nitrogens with one attached hydrogen (secondary N) is 1. The van der Waals surface area contributed by atoms with Gasteiger partial charge in [-0.05, 0) is 18.2 Å². The third-order valence-electron chi connectivity index (χ3n) is 5.21. The summed E-state index contributed by atoms with van der Waals surface area (Å²) >= 11 is 0. The lowest BCUT2D eigenvalue weighted by Crippen LogP contribution is -2.37. The summed E-state index contributed by atoms with van der Waals surface area (Å²) in [4.78, 5) is 38.6. The Morgan fingerprint density at radius 2 is 1.62 bits per heavy atom. The number of carbonyl (C=O) groups excluding carboxylic acids is 2. The molecule has 0 spiro atoms. The molecule has 0 saturated carbocycles. The van der Waals surface area contributed by atoms with Crippen molar-refractivity contribution in [3.05, 3.63) is 99.6 Å². The van der Waals surface area contributed by atoms with Crippen LogP contribution >= 0.6 is 0 Å². The lowest BCUT2D eigenvalue weighted by atomic mass is 10.0. The molecule has 0 aliphatic carbocycles. The Balaban J connectivity index is 1.61. The summed E-state index contributed by atoms with van der Waals surface area (Å²) in [5.41, 5.74) is 2.04. The van der Waals surface area contributed by atoms with E-state index < -0.39 is 10.8 Å². The number of hydrogen-bond donors (Lipinski definition) is 1. The second kappa shape index (κ2) is 9.40. The zero-order valence-electron chi connectivity index (χ0n) is 17.2. The van der Waals surface area contributed by atoms with Crippen molar-refractivity contribution in [1.82, 2.24) is 0 Å². The number of rotatable bonds is 6. The Kier molecular flexibility index (Phi) is 6.23. The minimum Gasteiger partial charge on any atom is -0.378 e. The molecule has 0 bridgehead atoms. The molecule has 3 aromatic carbocycles. The smallest absolute Gasteiger partial charge is 0.270 e. The van der Waals surface area contributed by atoms with Crippen LogP contribution in [-0.2, 0) is 4.74 Å². The Bertz CT molecular complexity index is 1160. The molecule has 1 aliphatic rings. The number of amides is 1. The quantitative estimate of drug-likeness (QED) is 0.361. The van der Waals surface area contributed by atoms with Crippen LogP contribution in [0.25, 0.3) is 0 Å². The Labute approximate surface area is 184 Å². The van der Waals surface area contributed by atoms with Gasteiger partial charge in [0, 0.05) is 42.0 Å². The highest BCUT2D eigenvalue weighted by Gasteiger charge is 2.22. The highest BCUT2D eigenvalue weighted by Crippen LogP contribution is 2.27. The van der Waals surface area contributed by atoms with E-state index in [-0.39, 0.29) is 17.0 Å². The summed E-state index contributed by atoms with van der Waals surface area (Å²) < 4.78 is 5.37. The van der Waals surface area contributed by atoms with Gasteiger partial charge in [0.25, 0.3) is 11.6 Å². The predicted octanol–water partition coefficient (Wildman–Crippen LogP) is 3.91. The Morgan fingerprint density at radius 3 is 2.34 bits per heavy atom. The van der Waals surface area contributed by atoms with E-state index in [1.54, 1.807) is 54.6 Å². The second-order valence-corrected chi connectivity index (χ2v) is 7.29. The summed E-state index contributed by atoms with van der Waals surface area (Å²) in [6.45, 7) is 2.20. The van der Waals surface area contributed by atoms with E-state index in [2.05, 4.69) is 5.32 Å². The van der Waals surface area contributed by atoms with Gasteiger partial charge in [-0.25, -0.2) is 0 Å². The number of nitrogens with zero attached hydrogens (tertiary/aromatic N) is 2. The van der Waals surface area contributed by atoms with Crippen molar-refractivity contribution < 1.29 is 19.2 Å². The van der Waals surface area contributed by atoms with E-state index in [4.69, 9.17) is 4.74 Å². The minimum atomic E-state index is -0.529. The number of carbonyl (C=O) groups is 2. The van der Waals surface area contributed by atoms with Crippen molar-refractivity contribution in [3.8, 4) is 0 Å². The molecular formula is C24H21N3O5. The lowest BCUT2D eigenvalue weighted by molar-refractivity contribution is -0.384. The van der Waals surface area contributed by atoms with Gasteiger partial charge >= 0.3 is 0 Å². The number of ketones is 1. The van der Waals surface area contributed by atoms with E-state index in [0.717, 1.165) is 0 Å². The zero-order chi connectivity index (χ0) is 22.5. The maximum atomic E-state index is 13.1. The number of anilines is 2. The average molecular weight is 431 g/mol. The van der Waals surface area contributed by atoms with Crippen LogP contribution in [0.2, 0.25) is 0 Å². The van der Waals surface area contributed by atoms with Gasteiger partial charge in [0.05, 0.1) is 29.4 Å². The maximum Gasteiger partial charge on any atom is 0.270 e. The maximum absolute atomic E-state index is 13.1. The van der Waals surface area contributed by atoms with Gasteiger partial charge in [0.15, 0.2) is 5.78 Å². The number of benzene rings is 3. The van der Waals surface area contributed by atoms with E-state index in [9.17, 15) is 19.7 Å². The number of ether oxygens (including phenoxy) is 1. The molecular weight excluding hydrogens is 410 g/mol. The molecule has 1 saturated heterocycles. The summed E-state index contributed by atoms with van der Waals surface area (Å²) in [6.07, 6.45) is 0. The summed E-state index contributed by atoms with van der Waals surface area (Å²) in [6, 6.07) is 19.7. The first-order chi connectivity index (χ1) is 15.5. The van der Waals surface area contributed by atoms with Crippen molar-refractivity contribution in [2.75, 3.05) is 36.5 Å². The van der Waals surface area contributed by atoms with E-state index in [1.165, 1.54) is 12.1 Å². The van der Waals surface area contributed by atoms with Crippen LogP contribution in [0.15, 0.2) is 72.8 Å². The molecule has 8 heteroatoms. The number of morpholine rings is 1. The van der Waals surface area contributed by atoms with Gasteiger partial charge in [0.2, 0.25) is 0 Å². The molecule has 8 nitrogen and oxygen atoms in total. The molecule has 1 aliphatic heterocycles. The molecule has 0 radical (unpaired) electrons. The first kappa shape index (κ1) is 21.2. The summed E-state index contributed by atoms with van der Waals surface area (Å²) in [5.74, 6) is -0.648. The molecule has 162 valence electrons. The van der Waals surface area contributed by atoms with Crippen molar-refractivity contribution in [2.24, 2.45) is 0 Å². The van der Waals surface area contributed by atoms with Gasteiger partial charge in [0.1, 0.15) is 0 Å². The molecule has 0 unspecified atom stereocenters. The largest absolute Gasteiger partial charge is 0.378 e. The highest BCUT2D eigenvalue weighted by molar-refractivity contribution is 6.11. The zero-order valence-corrected chi connectivity index (χ0v) is 17.2. The SMILES string of the molecule is O=C(c1ccccc1)c1cccc(NC(=O)c2cc([N+](=O)[O-])ccc2N2CCOCC2)c1. The minimum absolute atomic E-state index is 0.161. The fraction of sp³-hybridized carbons (Fsp3) is 0.167. The lowest BCUT2D eigenvalue weighted by Gasteiger charge is -2.30. The monoisotopic (exact) mass is 431 g/mol. The second-order valence-electron chi connectivity index (χ2n) is 7.29. The van der Waals surface area contributed by atoms with Crippen LogP contribution in [-0.4, -0.2) is 42.9 Å². The van der Waals surface area contributed by atoms with Crippen molar-refractivity contribution in [3.63, 3.8) is 0 Å². The van der Waals surface area contributed by atoms with Gasteiger partial charge in [-0.2, -0.15) is 0 Å².